The topological polar surface area (TPSA) is 53.7 Å². The molecular formula is C23H25F2N5O. The maximum atomic E-state index is 13.6. The van der Waals surface area contributed by atoms with Crippen LogP contribution in [0.4, 0.5) is 8.78 Å². The van der Waals surface area contributed by atoms with Gasteiger partial charge < -0.3 is 4.90 Å². The molecule has 3 heterocycles. The lowest BCUT2D eigenvalue weighted by molar-refractivity contribution is 0.0622. The smallest absolute Gasteiger partial charge is 0.280 e. The van der Waals surface area contributed by atoms with Crippen molar-refractivity contribution in [2.24, 2.45) is 0 Å². The van der Waals surface area contributed by atoms with Crippen molar-refractivity contribution in [3.63, 3.8) is 0 Å². The molecule has 1 saturated carbocycles. The summed E-state index contributed by atoms with van der Waals surface area (Å²) in [7, 11) is 0. The summed E-state index contributed by atoms with van der Waals surface area (Å²) < 4.78 is 28.3. The molecule has 1 amide bonds. The minimum absolute atomic E-state index is 0.175. The number of carbonyl (C=O) groups excluding carboxylic acids is 1. The Balaban J connectivity index is 1.30. The maximum Gasteiger partial charge on any atom is 0.280 e. The number of hydrogen-bond donors (Lipinski definition) is 0. The fraction of sp³-hybridized carbons (Fsp3) is 0.435. The average molecular weight is 425 g/mol. The molecule has 2 aromatic heterocycles. The van der Waals surface area contributed by atoms with Crippen molar-refractivity contribution >= 4 is 11.6 Å². The zero-order valence-electron chi connectivity index (χ0n) is 17.5. The number of fused-ring (bicyclic) bond motifs is 1. The molecule has 0 atom stereocenters. The summed E-state index contributed by atoms with van der Waals surface area (Å²) in [6.45, 7) is 5.63. The van der Waals surface area contributed by atoms with Crippen LogP contribution >= 0.6 is 0 Å². The van der Waals surface area contributed by atoms with E-state index in [4.69, 9.17) is 0 Å². The number of alkyl halides is 2. The van der Waals surface area contributed by atoms with Crippen molar-refractivity contribution < 1.29 is 13.6 Å². The van der Waals surface area contributed by atoms with Gasteiger partial charge in [-0.2, -0.15) is 5.10 Å². The summed E-state index contributed by atoms with van der Waals surface area (Å²) >= 11 is 0. The molecule has 31 heavy (non-hydrogen) atoms. The summed E-state index contributed by atoms with van der Waals surface area (Å²) in [6.07, 6.45) is -0.729. The van der Waals surface area contributed by atoms with Gasteiger partial charge in [0.15, 0.2) is 11.3 Å². The van der Waals surface area contributed by atoms with E-state index in [1.165, 1.54) is 17.2 Å². The normalized spacial score (nSPS) is 17.6. The molecule has 0 radical (unpaired) electrons. The average Bonchev–Trinajstić information content (AvgIpc) is 3.51. The zero-order valence-corrected chi connectivity index (χ0v) is 17.5. The lowest BCUT2D eigenvalue weighted by Crippen LogP contribution is -2.48. The van der Waals surface area contributed by atoms with Crippen molar-refractivity contribution in [1.29, 1.82) is 0 Å². The van der Waals surface area contributed by atoms with Gasteiger partial charge in [0.2, 0.25) is 0 Å². The third-order valence-electron chi connectivity index (χ3n) is 6.06. The predicted molar refractivity (Wildman–Crippen MR) is 112 cm³/mol. The first-order chi connectivity index (χ1) is 15.0. The van der Waals surface area contributed by atoms with E-state index in [9.17, 15) is 13.6 Å². The second-order valence-corrected chi connectivity index (χ2v) is 8.54. The van der Waals surface area contributed by atoms with Gasteiger partial charge in [0, 0.05) is 50.4 Å². The predicted octanol–water partition coefficient (Wildman–Crippen LogP) is 3.81. The van der Waals surface area contributed by atoms with E-state index in [1.807, 2.05) is 0 Å². The van der Waals surface area contributed by atoms with E-state index in [0.29, 0.717) is 24.4 Å². The molecule has 1 aliphatic carbocycles. The fourth-order valence-corrected chi connectivity index (χ4v) is 4.21. The van der Waals surface area contributed by atoms with Crippen LogP contribution in [0.1, 0.15) is 58.2 Å². The van der Waals surface area contributed by atoms with Crippen LogP contribution in [0.5, 0.6) is 0 Å². The van der Waals surface area contributed by atoms with Gasteiger partial charge in [0.1, 0.15) is 5.69 Å². The molecule has 2 fully saturated rings. The number of amides is 1. The molecule has 162 valence electrons. The molecule has 0 spiro atoms. The highest BCUT2D eigenvalue weighted by Crippen LogP contribution is 2.40. The molecule has 0 N–H and O–H groups in total. The standard InChI is InChI=1S/C23H25F2N5O/c1-15-3-2-4-16(11-15)14-28-7-9-29(10-8-28)23(31)19-13-21-26-18(17-5-6-17)12-20(22(24)25)30(21)27-19/h2-4,11-13,17,22H,5-10,14H2,1H3. The molecule has 3 aromatic rings. The van der Waals surface area contributed by atoms with Gasteiger partial charge >= 0.3 is 0 Å². The third kappa shape index (κ3) is 4.17. The molecule has 1 aromatic carbocycles. The molecule has 1 saturated heterocycles. The summed E-state index contributed by atoms with van der Waals surface area (Å²) in [5, 5.41) is 4.20. The number of rotatable bonds is 5. The first kappa shape index (κ1) is 20.1. The molecule has 1 aliphatic heterocycles. The molecule has 5 rings (SSSR count). The number of nitrogens with zero attached hydrogens (tertiary/aromatic N) is 5. The third-order valence-corrected chi connectivity index (χ3v) is 6.06. The van der Waals surface area contributed by atoms with Crippen LogP contribution in [-0.4, -0.2) is 56.5 Å². The maximum absolute atomic E-state index is 13.6. The van der Waals surface area contributed by atoms with Crippen molar-refractivity contribution in [1.82, 2.24) is 24.4 Å². The van der Waals surface area contributed by atoms with E-state index < -0.39 is 6.43 Å². The highest BCUT2D eigenvalue weighted by molar-refractivity contribution is 5.93. The number of aryl methyl sites for hydroxylation is 1. The van der Waals surface area contributed by atoms with E-state index >= 15 is 0 Å². The Labute approximate surface area is 179 Å². The van der Waals surface area contributed by atoms with Crippen molar-refractivity contribution in [2.75, 3.05) is 26.2 Å². The van der Waals surface area contributed by atoms with Gasteiger partial charge in [-0.15, -0.1) is 0 Å². The Kier molecular flexibility index (Phi) is 5.17. The SMILES string of the molecule is Cc1cccc(CN2CCN(C(=O)c3cc4nc(C5CC5)cc(C(F)F)n4n3)CC2)c1. The minimum Gasteiger partial charge on any atom is -0.335 e. The highest BCUT2D eigenvalue weighted by atomic mass is 19.3. The quantitative estimate of drug-likeness (QED) is 0.624. The van der Waals surface area contributed by atoms with Gasteiger partial charge in [-0.25, -0.2) is 18.3 Å². The number of aromatic nitrogens is 3. The summed E-state index contributed by atoms with van der Waals surface area (Å²) in [4.78, 5) is 21.6. The molecule has 8 heteroatoms. The number of piperazine rings is 1. The zero-order chi connectivity index (χ0) is 21.5. The minimum atomic E-state index is -2.67. The Morgan fingerprint density at radius 1 is 1.13 bits per heavy atom. The Bertz CT molecular complexity index is 1120. The Hall–Kier alpha value is -2.87. The van der Waals surface area contributed by atoms with Crippen LogP contribution in [0.15, 0.2) is 36.4 Å². The van der Waals surface area contributed by atoms with Crippen LogP contribution in [-0.2, 0) is 6.54 Å². The van der Waals surface area contributed by atoms with Gasteiger partial charge in [0.05, 0.1) is 0 Å². The molecular weight excluding hydrogens is 400 g/mol. The van der Waals surface area contributed by atoms with E-state index in [1.54, 1.807) is 11.0 Å². The first-order valence-electron chi connectivity index (χ1n) is 10.7. The number of carbonyl (C=O) groups is 1. The van der Waals surface area contributed by atoms with Crippen LogP contribution in [0.25, 0.3) is 5.65 Å². The molecule has 0 bridgehead atoms. The highest BCUT2D eigenvalue weighted by Gasteiger charge is 2.29. The second kappa shape index (κ2) is 8.00. The monoisotopic (exact) mass is 425 g/mol. The Morgan fingerprint density at radius 2 is 1.90 bits per heavy atom. The Morgan fingerprint density at radius 3 is 2.58 bits per heavy atom. The number of hydrogen-bond acceptors (Lipinski definition) is 4. The van der Waals surface area contributed by atoms with E-state index in [0.717, 1.165) is 37.0 Å². The van der Waals surface area contributed by atoms with E-state index in [2.05, 4.69) is 46.2 Å². The van der Waals surface area contributed by atoms with Gasteiger partial charge in [0.25, 0.3) is 12.3 Å². The van der Waals surface area contributed by atoms with Crippen molar-refractivity contribution in [2.45, 2.75) is 38.7 Å². The van der Waals surface area contributed by atoms with Gasteiger partial charge in [-0.1, -0.05) is 29.8 Å². The summed E-state index contributed by atoms with van der Waals surface area (Å²) in [6, 6.07) is 11.4. The van der Waals surface area contributed by atoms with Crippen molar-refractivity contribution in [3.05, 3.63) is 64.6 Å². The summed E-state index contributed by atoms with van der Waals surface area (Å²) in [5.74, 6) is 0.0203. The fourth-order valence-electron chi connectivity index (χ4n) is 4.21. The molecule has 0 unspecified atom stereocenters. The lowest BCUT2D eigenvalue weighted by Gasteiger charge is -2.34. The van der Waals surface area contributed by atoms with Crippen LogP contribution in [0.2, 0.25) is 0 Å². The molecule has 2 aliphatic rings. The van der Waals surface area contributed by atoms with Gasteiger partial charge in [-0.05, 0) is 31.4 Å². The van der Waals surface area contributed by atoms with Crippen LogP contribution in [0, 0.1) is 6.92 Å². The van der Waals surface area contributed by atoms with Gasteiger partial charge in [-0.3, -0.25) is 9.69 Å². The van der Waals surface area contributed by atoms with Crippen LogP contribution < -0.4 is 0 Å². The largest absolute Gasteiger partial charge is 0.335 e. The summed E-state index contributed by atoms with van der Waals surface area (Å²) in [5.41, 5.74) is 3.47. The molecule has 6 nitrogen and oxygen atoms in total. The number of benzene rings is 1. The van der Waals surface area contributed by atoms with E-state index in [-0.39, 0.29) is 23.2 Å². The van der Waals surface area contributed by atoms with Crippen LogP contribution in [0.3, 0.4) is 0 Å². The second-order valence-electron chi connectivity index (χ2n) is 8.54. The first-order valence-corrected chi connectivity index (χ1v) is 10.7. The van der Waals surface area contributed by atoms with Crippen molar-refractivity contribution in [3.8, 4) is 0 Å². The number of halogens is 2. The lowest BCUT2D eigenvalue weighted by atomic mass is 10.1.